The normalized spacial score (nSPS) is 13.9. The fourth-order valence-electron chi connectivity index (χ4n) is 4.34. The summed E-state index contributed by atoms with van der Waals surface area (Å²) in [6, 6.07) is 15.5. The number of H-pyrrole nitrogens is 1. The molecule has 0 aliphatic heterocycles. The quantitative estimate of drug-likeness (QED) is 0.327. The molecule has 0 radical (unpaired) electrons. The van der Waals surface area contributed by atoms with Gasteiger partial charge >= 0.3 is 0 Å². The number of nitrogens with one attached hydrogen (secondary N) is 2. The second-order valence-corrected chi connectivity index (χ2v) is 8.96. The van der Waals surface area contributed by atoms with E-state index in [0.29, 0.717) is 17.2 Å². The van der Waals surface area contributed by atoms with Crippen LogP contribution in [0.25, 0.3) is 20.8 Å². The van der Waals surface area contributed by atoms with E-state index in [9.17, 15) is 4.79 Å². The summed E-state index contributed by atoms with van der Waals surface area (Å²) in [5.41, 5.74) is 4.42. The molecule has 0 saturated heterocycles. The van der Waals surface area contributed by atoms with Gasteiger partial charge in [-0.05, 0) is 48.6 Å². The molecule has 1 fully saturated rings. The molecule has 1 aliphatic rings. The second-order valence-electron chi connectivity index (χ2n) is 7.93. The van der Waals surface area contributed by atoms with Gasteiger partial charge in [0.2, 0.25) is 0 Å². The molecule has 6 heteroatoms. The summed E-state index contributed by atoms with van der Waals surface area (Å²) in [7, 11) is 3.52. The zero-order chi connectivity index (χ0) is 22.3. The maximum absolute atomic E-state index is 10.3. The molecule has 0 spiro atoms. The highest BCUT2D eigenvalue weighted by atomic mass is 32.1. The number of nitrogens with zero attached hydrogens (tertiary/aromatic N) is 1. The molecule has 2 heterocycles. The number of benzene rings is 2. The molecule has 2 aromatic heterocycles. The molecule has 166 valence electrons. The number of aromatic nitrogens is 2. The van der Waals surface area contributed by atoms with Gasteiger partial charge in [-0.3, -0.25) is 4.79 Å². The number of aromatic amines is 1. The van der Waals surface area contributed by atoms with E-state index >= 15 is 0 Å². The highest BCUT2D eigenvalue weighted by Crippen LogP contribution is 2.43. The van der Waals surface area contributed by atoms with Gasteiger partial charge < -0.3 is 15.0 Å². The summed E-state index contributed by atoms with van der Waals surface area (Å²) >= 11 is 1.79. The Hall–Kier alpha value is -3.12. The van der Waals surface area contributed by atoms with Crippen LogP contribution in [0.1, 0.15) is 53.9 Å². The molecular formula is C26H29N3O2S. The van der Waals surface area contributed by atoms with Crippen molar-refractivity contribution in [3.8, 4) is 16.3 Å². The van der Waals surface area contributed by atoms with Crippen LogP contribution in [-0.2, 0) is 0 Å². The van der Waals surface area contributed by atoms with Crippen LogP contribution in [0, 0.1) is 0 Å². The molecule has 2 N–H and O–H groups in total. The zero-order valence-corrected chi connectivity index (χ0v) is 19.4. The van der Waals surface area contributed by atoms with Crippen molar-refractivity contribution >= 4 is 33.7 Å². The third-order valence-electron chi connectivity index (χ3n) is 5.98. The minimum atomic E-state index is 0.588. The van der Waals surface area contributed by atoms with Gasteiger partial charge in [-0.2, -0.15) is 0 Å². The van der Waals surface area contributed by atoms with E-state index in [-0.39, 0.29) is 0 Å². The SMILES string of the molecule is CNc1[nH]cc(C2CCCCC2)c1-c1nc2ccccc2s1.COc1ccccc1C=O. The summed E-state index contributed by atoms with van der Waals surface area (Å²) in [5, 5.41) is 4.44. The Morgan fingerprint density at radius 1 is 1.09 bits per heavy atom. The highest BCUT2D eigenvalue weighted by Gasteiger charge is 2.24. The minimum absolute atomic E-state index is 0.588. The Morgan fingerprint density at radius 2 is 1.84 bits per heavy atom. The van der Waals surface area contributed by atoms with E-state index in [1.165, 1.54) is 47.9 Å². The lowest BCUT2D eigenvalue weighted by molar-refractivity contribution is 0.112. The summed E-state index contributed by atoms with van der Waals surface area (Å²) in [6.45, 7) is 0. The number of ether oxygens (including phenoxy) is 1. The molecule has 1 saturated carbocycles. The summed E-state index contributed by atoms with van der Waals surface area (Å²) in [6.07, 6.45) is 9.67. The van der Waals surface area contributed by atoms with E-state index in [1.807, 2.05) is 13.1 Å². The van der Waals surface area contributed by atoms with E-state index in [4.69, 9.17) is 9.72 Å². The number of rotatable bonds is 5. The number of hydrogen-bond acceptors (Lipinski definition) is 5. The molecule has 0 amide bonds. The topological polar surface area (TPSA) is 67.0 Å². The Morgan fingerprint density at radius 3 is 2.53 bits per heavy atom. The largest absolute Gasteiger partial charge is 0.496 e. The standard InChI is InChI=1S/C18H21N3S.C8H8O2/c1-19-17-16(13(11-20-17)12-7-3-2-4-8-12)18-21-14-9-5-6-10-15(14)22-18;1-10-8-5-3-2-4-7(8)6-9/h5-6,9-12,19-20H,2-4,7-8H2,1H3;2-6H,1H3. The molecule has 5 nitrogen and oxygen atoms in total. The molecule has 5 rings (SSSR count). The average Bonchev–Trinajstić information content (AvgIpc) is 3.48. The van der Waals surface area contributed by atoms with Gasteiger partial charge in [0.15, 0.2) is 6.29 Å². The highest BCUT2D eigenvalue weighted by molar-refractivity contribution is 7.21. The molecule has 1 aliphatic carbocycles. The number of aldehydes is 1. The molecule has 0 unspecified atom stereocenters. The van der Waals surface area contributed by atoms with Crippen LogP contribution in [0.15, 0.2) is 54.7 Å². The van der Waals surface area contributed by atoms with Crippen LogP contribution in [0.2, 0.25) is 0 Å². The van der Waals surface area contributed by atoms with Crippen molar-refractivity contribution in [2.24, 2.45) is 0 Å². The molecule has 2 aromatic carbocycles. The van der Waals surface area contributed by atoms with Crippen LogP contribution < -0.4 is 10.1 Å². The number of carbonyl (C=O) groups excluding carboxylic acids is 1. The van der Waals surface area contributed by atoms with Gasteiger partial charge in [-0.1, -0.05) is 43.5 Å². The van der Waals surface area contributed by atoms with E-state index in [2.05, 4.69) is 40.8 Å². The monoisotopic (exact) mass is 447 g/mol. The van der Waals surface area contributed by atoms with Crippen molar-refractivity contribution in [2.45, 2.75) is 38.0 Å². The lowest BCUT2D eigenvalue weighted by atomic mass is 9.83. The third-order valence-corrected chi connectivity index (χ3v) is 7.03. The van der Waals surface area contributed by atoms with Gasteiger partial charge in [-0.15, -0.1) is 11.3 Å². The molecule has 0 atom stereocenters. The number of para-hydroxylation sites is 2. The number of carbonyl (C=O) groups is 1. The van der Waals surface area contributed by atoms with Crippen LogP contribution in [0.4, 0.5) is 5.82 Å². The Labute approximate surface area is 192 Å². The van der Waals surface area contributed by atoms with Crippen LogP contribution >= 0.6 is 11.3 Å². The molecule has 0 bridgehead atoms. The Bertz CT molecular complexity index is 1140. The number of methoxy groups -OCH3 is 1. The van der Waals surface area contributed by atoms with Crippen molar-refractivity contribution < 1.29 is 9.53 Å². The minimum Gasteiger partial charge on any atom is -0.496 e. The van der Waals surface area contributed by atoms with Crippen LogP contribution in [0.3, 0.4) is 0 Å². The van der Waals surface area contributed by atoms with Gasteiger partial charge in [0, 0.05) is 13.2 Å². The first-order valence-electron chi connectivity index (χ1n) is 11.1. The molecular weight excluding hydrogens is 418 g/mol. The van der Waals surface area contributed by atoms with E-state index in [1.54, 1.807) is 36.6 Å². The summed E-state index contributed by atoms with van der Waals surface area (Å²) < 4.78 is 6.16. The predicted octanol–water partition coefficient (Wildman–Crippen LogP) is 6.89. The van der Waals surface area contributed by atoms with Crippen molar-refractivity contribution in [1.29, 1.82) is 0 Å². The lowest BCUT2D eigenvalue weighted by Gasteiger charge is -2.22. The van der Waals surface area contributed by atoms with Crippen LogP contribution in [-0.4, -0.2) is 30.4 Å². The summed E-state index contributed by atoms with van der Waals surface area (Å²) in [5.74, 6) is 2.39. The fraction of sp³-hybridized carbons (Fsp3) is 0.308. The van der Waals surface area contributed by atoms with Crippen molar-refractivity contribution in [1.82, 2.24) is 9.97 Å². The first-order valence-corrected chi connectivity index (χ1v) is 11.9. The van der Waals surface area contributed by atoms with Crippen molar-refractivity contribution in [2.75, 3.05) is 19.5 Å². The zero-order valence-electron chi connectivity index (χ0n) is 18.6. The number of thiazole rings is 1. The maximum Gasteiger partial charge on any atom is 0.153 e. The third kappa shape index (κ3) is 4.70. The smallest absolute Gasteiger partial charge is 0.153 e. The number of fused-ring (bicyclic) bond motifs is 1. The average molecular weight is 448 g/mol. The van der Waals surface area contributed by atoms with Gasteiger partial charge in [0.25, 0.3) is 0 Å². The maximum atomic E-state index is 10.3. The number of anilines is 1. The molecule has 32 heavy (non-hydrogen) atoms. The first-order chi connectivity index (χ1) is 15.7. The summed E-state index contributed by atoms with van der Waals surface area (Å²) in [4.78, 5) is 18.6. The Balaban J connectivity index is 0.000000207. The molecule has 4 aromatic rings. The fourth-order valence-corrected chi connectivity index (χ4v) is 5.38. The van der Waals surface area contributed by atoms with E-state index < -0.39 is 0 Å². The second kappa shape index (κ2) is 10.5. The van der Waals surface area contributed by atoms with Crippen molar-refractivity contribution in [3.05, 3.63) is 65.9 Å². The Kier molecular flexibility index (Phi) is 7.22. The lowest BCUT2D eigenvalue weighted by Crippen LogP contribution is -2.05. The van der Waals surface area contributed by atoms with E-state index in [0.717, 1.165) is 22.6 Å². The van der Waals surface area contributed by atoms with Crippen LogP contribution in [0.5, 0.6) is 5.75 Å². The predicted molar refractivity (Wildman–Crippen MR) is 133 cm³/mol. The van der Waals surface area contributed by atoms with Gasteiger partial charge in [-0.25, -0.2) is 4.98 Å². The van der Waals surface area contributed by atoms with Crippen molar-refractivity contribution in [3.63, 3.8) is 0 Å². The number of hydrogen-bond donors (Lipinski definition) is 2. The van der Waals surface area contributed by atoms with Gasteiger partial charge in [0.05, 0.1) is 28.5 Å². The first kappa shape index (κ1) is 22.1. The van der Waals surface area contributed by atoms with Gasteiger partial charge in [0.1, 0.15) is 16.6 Å².